The third-order valence-electron chi connectivity index (χ3n) is 5.51. The van der Waals surface area contributed by atoms with Crippen LogP contribution in [0.4, 0.5) is 13.2 Å². The molecule has 0 saturated heterocycles. The van der Waals surface area contributed by atoms with Gasteiger partial charge in [0.15, 0.2) is 5.60 Å². The number of hydrogen-bond acceptors (Lipinski definition) is 3. The van der Waals surface area contributed by atoms with Crippen molar-refractivity contribution in [1.82, 2.24) is 4.98 Å². The van der Waals surface area contributed by atoms with E-state index in [1.54, 1.807) is 37.3 Å². The Labute approximate surface area is 194 Å². The highest BCUT2D eigenvalue weighted by molar-refractivity contribution is 6.31. The van der Waals surface area contributed by atoms with Crippen LogP contribution in [-0.2, 0) is 5.60 Å². The molecule has 3 rings (SSSR count). The number of aromatic carboxylic acids is 1. The molecule has 2 unspecified atom stereocenters. The topological polar surface area (TPSA) is 70.4 Å². The van der Waals surface area contributed by atoms with Crippen LogP contribution in [0.2, 0.25) is 5.02 Å². The van der Waals surface area contributed by atoms with Crippen molar-refractivity contribution in [2.45, 2.75) is 31.5 Å². The van der Waals surface area contributed by atoms with Crippen LogP contribution < -0.4 is 0 Å². The molecule has 8 heteroatoms. The molecule has 2 N–H and O–H groups in total. The van der Waals surface area contributed by atoms with Crippen molar-refractivity contribution in [3.05, 3.63) is 99.3 Å². The minimum atomic E-state index is -4.95. The Balaban J connectivity index is 1.92. The molecule has 0 aliphatic heterocycles. The van der Waals surface area contributed by atoms with Crippen LogP contribution in [0.5, 0.6) is 0 Å². The first-order valence-electron chi connectivity index (χ1n) is 9.96. The predicted octanol–water partition coefficient (Wildman–Crippen LogP) is 6.47. The average molecular weight is 476 g/mol. The monoisotopic (exact) mass is 475 g/mol. The van der Waals surface area contributed by atoms with Crippen molar-refractivity contribution in [2.75, 3.05) is 0 Å². The van der Waals surface area contributed by atoms with Crippen LogP contribution >= 0.6 is 11.6 Å². The molecule has 0 radical (unpaired) electrons. The van der Waals surface area contributed by atoms with Gasteiger partial charge in [-0.15, -0.1) is 0 Å². The zero-order valence-electron chi connectivity index (χ0n) is 17.8. The quantitative estimate of drug-likeness (QED) is 0.401. The smallest absolute Gasteiger partial charge is 0.422 e. The highest BCUT2D eigenvalue weighted by atomic mass is 35.5. The molecule has 1 heterocycles. The summed E-state index contributed by atoms with van der Waals surface area (Å²) in [6.45, 7) is 2.83. The fraction of sp³-hybridized carbons (Fsp3) is 0.200. The number of carbonyl (C=O) groups is 1. The summed E-state index contributed by atoms with van der Waals surface area (Å²) in [6, 6.07) is 13.2. The number of aliphatic hydroxyl groups is 1. The first-order valence-corrected chi connectivity index (χ1v) is 10.3. The highest BCUT2D eigenvalue weighted by Gasteiger charge is 2.59. The zero-order valence-corrected chi connectivity index (χ0v) is 18.5. The summed E-state index contributed by atoms with van der Waals surface area (Å²) in [6.07, 6.45) is -0.290. The minimum absolute atomic E-state index is 0.0827. The fourth-order valence-electron chi connectivity index (χ4n) is 3.59. The number of nitrogens with zero attached hydrogens (tertiary/aromatic N) is 1. The van der Waals surface area contributed by atoms with Gasteiger partial charge in [0.05, 0.1) is 5.56 Å². The summed E-state index contributed by atoms with van der Waals surface area (Å²) in [5.74, 6) is -2.42. The van der Waals surface area contributed by atoms with Gasteiger partial charge in [0.2, 0.25) is 0 Å². The van der Waals surface area contributed by atoms with E-state index < -0.39 is 23.7 Å². The van der Waals surface area contributed by atoms with Crippen LogP contribution in [0.25, 0.3) is 12.2 Å². The Morgan fingerprint density at radius 1 is 1.03 bits per heavy atom. The minimum Gasteiger partial charge on any atom is -0.478 e. The van der Waals surface area contributed by atoms with Gasteiger partial charge in [-0.25, -0.2) is 4.79 Å². The van der Waals surface area contributed by atoms with Gasteiger partial charge in [-0.1, -0.05) is 54.9 Å². The van der Waals surface area contributed by atoms with Crippen molar-refractivity contribution in [2.24, 2.45) is 0 Å². The van der Waals surface area contributed by atoms with E-state index in [9.17, 15) is 23.1 Å². The van der Waals surface area contributed by atoms with E-state index in [0.717, 1.165) is 11.6 Å². The Morgan fingerprint density at radius 3 is 2.18 bits per heavy atom. The average Bonchev–Trinajstić information content (AvgIpc) is 2.76. The van der Waals surface area contributed by atoms with Gasteiger partial charge < -0.3 is 10.2 Å². The maximum absolute atomic E-state index is 14.1. The first-order chi connectivity index (χ1) is 15.4. The lowest BCUT2D eigenvalue weighted by molar-refractivity contribution is -0.274. The Morgan fingerprint density at radius 2 is 1.64 bits per heavy atom. The van der Waals surface area contributed by atoms with Crippen molar-refractivity contribution in [1.29, 1.82) is 0 Å². The largest absolute Gasteiger partial charge is 0.478 e. The lowest BCUT2D eigenvalue weighted by Gasteiger charge is -2.37. The second kappa shape index (κ2) is 9.37. The molecule has 0 aliphatic rings. The number of pyridine rings is 1. The molecule has 0 spiro atoms. The summed E-state index contributed by atoms with van der Waals surface area (Å²) in [4.78, 5) is 14.8. The van der Waals surface area contributed by atoms with Gasteiger partial charge in [-0.2, -0.15) is 13.2 Å². The molecule has 3 aromatic rings. The molecule has 0 fully saturated rings. The maximum Gasteiger partial charge on any atom is 0.422 e. The predicted molar refractivity (Wildman–Crippen MR) is 121 cm³/mol. The Hall–Kier alpha value is -3.16. The first kappa shape index (κ1) is 24.5. The van der Waals surface area contributed by atoms with Crippen molar-refractivity contribution < 1.29 is 28.2 Å². The van der Waals surface area contributed by atoms with Gasteiger partial charge in [0.25, 0.3) is 0 Å². The number of alkyl halides is 3. The van der Waals surface area contributed by atoms with Crippen LogP contribution in [0.15, 0.2) is 60.8 Å². The van der Waals surface area contributed by atoms with Crippen LogP contribution in [0, 0.1) is 6.92 Å². The number of aryl methyl sites for hydroxylation is 1. The molecule has 0 aliphatic carbocycles. The molecule has 0 amide bonds. The molecule has 0 bridgehead atoms. The lowest BCUT2D eigenvalue weighted by Crippen LogP contribution is -2.46. The number of halogens is 4. The van der Waals surface area contributed by atoms with Crippen molar-refractivity contribution >= 4 is 29.7 Å². The van der Waals surface area contributed by atoms with E-state index in [1.165, 1.54) is 43.5 Å². The number of carboxylic acid groups (broad SMARTS) is 1. The second-order valence-corrected chi connectivity index (χ2v) is 8.12. The van der Waals surface area contributed by atoms with Crippen LogP contribution in [0.3, 0.4) is 0 Å². The summed E-state index contributed by atoms with van der Waals surface area (Å²) in [5.41, 5.74) is -1.43. The third kappa shape index (κ3) is 5.10. The normalized spacial score (nSPS) is 14.8. The molecular formula is C25H21ClF3NO3. The molecule has 172 valence electrons. The standard InChI is InChI=1S/C25H21ClF3NO3/c1-15-13-20(11-12-30-15)24(33,25(27,28)29)16(2)21-10-7-18(14-22(21)26)4-3-17-5-8-19(9-6-17)23(31)32/h3-14,16,33H,1-2H3,(H,31,32). The Kier molecular flexibility index (Phi) is 6.95. The van der Waals surface area contributed by atoms with E-state index in [-0.39, 0.29) is 21.7 Å². The van der Waals surface area contributed by atoms with E-state index >= 15 is 0 Å². The van der Waals surface area contributed by atoms with Crippen molar-refractivity contribution in [3.63, 3.8) is 0 Å². The number of benzene rings is 2. The number of aromatic nitrogens is 1. The lowest BCUT2D eigenvalue weighted by atomic mass is 9.77. The number of rotatable bonds is 6. The van der Waals surface area contributed by atoms with Crippen molar-refractivity contribution in [3.8, 4) is 0 Å². The van der Waals surface area contributed by atoms with Gasteiger partial charge in [-0.05, 0) is 59.5 Å². The summed E-state index contributed by atoms with van der Waals surface area (Å²) in [7, 11) is 0. The maximum atomic E-state index is 14.1. The summed E-state index contributed by atoms with van der Waals surface area (Å²) in [5, 5.41) is 19.9. The van der Waals surface area contributed by atoms with E-state index in [4.69, 9.17) is 16.7 Å². The molecule has 2 atom stereocenters. The molecule has 33 heavy (non-hydrogen) atoms. The van der Waals surface area contributed by atoms with Gasteiger partial charge >= 0.3 is 12.1 Å². The fourth-order valence-corrected chi connectivity index (χ4v) is 3.95. The molecular weight excluding hydrogens is 455 g/mol. The SMILES string of the molecule is Cc1cc(C(O)(C(C)c2ccc(C=Cc3ccc(C(=O)O)cc3)cc2Cl)C(F)(F)F)ccn1. The molecule has 1 aromatic heterocycles. The zero-order chi connectivity index (χ0) is 24.4. The number of carboxylic acids is 1. The van der Waals surface area contributed by atoms with Gasteiger partial charge in [0.1, 0.15) is 0 Å². The summed E-state index contributed by atoms with van der Waals surface area (Å²) >= 11 is 6.35. The van der Waals surface area contributed by atoms with E-state index in [1.807, 2.05) is 0 Å². The van der Waals surface area contributed by atoms with Gasteiger partial charge in [0, 0.05) is 22.8 Å². The molecule has 2 aromatic carbocycles. The third-order valence-corrected chi connectivity index (χ3v) is 5.84. The molecule has 4 nitrogen and oxygen atoms in total. The van der Waals surface area contributed by atoms with Crippen LogP contribution in [-0.4, -0.2) is 27.3 Å². The summed E-state index contributed by atoms with van der Waals surface area (Å²) < 4.78 is 42.3. The molecule has 0 saturated carbocycles. The van der Waals surface area contributed by atoms with E-state index in [2.05, 4.69) is 4.98 Å². The Bertz CT molecular complexity index is 1190. The number of hydrogen-bond donors (Lipinski definition) is 2. The van der Waals surface area contributed by atoms with E-state index in [0.29, 0.717) is 11.3 Å². The second-order valence-electron chi connectivity index (χ2n) is 7.71. The van der Waals surface area contributed by atoms with Gasteiger partial charge in [-0.3, -0.25) is 4.98 Å². The van der Waals surface area contributed by atoms with Crippen LogP contribution in [0.1, 0.15) is 51.1 Å². The highest BCUT2D eigenvalue weighted by Crippen LogP contribution is 2.49.